The van der Waals surface area contributed by atoms with Crippen molar-refractivity contribution in [3.63, 3.8) is 0 Å². The van der Waals surface area contributed by atoms with Gasteiger partial charge in [-0.2, -0.15) is 0 Å². The van der Waals surface area contributed by atoms with Gasteiger partial charge in [0.25, 0.3) is 0 Å². The van der Waals surface area contributed by atoms with Crippen molar-refractivity contribution < 1.29 is 4.39 Å². The third-order valence-corrected chi connectivity index (χ3v) is 2.30. The minimum atomic E-state index is -0.283. The molecule has 0 atom stereocenters. The van der Waals surface area contributed by atoms with Crippen LogP contribution in [-0.2, 0) is 0 Å². The van der Waals surface area contributed by atoms with Crippen LogP contribution in [0.1, 0.15) is 0 Å². The summed E-state index contributed by atoms with van der Waals surface area (Å²) in [5.74, 6) is 0. The number of hydrogen-bond acceptors (Lipinski definition) is 2. The number of alkyl halides is 1. The van der Waals surface area contributed by atoms with E-state index in [2.05, 4.69) is 10.2 Å². The van der Waals surface area contributed by atoms with Crippen LogP contribution in [0.4, 0.5) is 15.8 Å². The predicted molar refractivity (Wildman–Crippen MR) is 53.1 cm³/mol. The van der Waals surface area contributed by atoms with Crippen molar-refractivity contribution in [1.82, 2.24) is 0 Å². The minimum Gasteiger partial charge on any atom is -0.382 e. The van der Waals surface area contributed by atoms with Gasteiger partial charge < -0.3 is 10.2 Å². The van der Waals surface area contributed by atoms with Gasteiger partial charge in [-0.25, -0.2) is 4.39 Å². The maximum absolute atomic E-state index is 12.2. The number of anilines is 2. The molecule has 1 aliphatic rings. The maximum Gasteiger partial charge on any atom is 0.107 e. The average molecular weight is 180 g/mol. The van der Waals surface area contributed by atoms with Crippen molar-refractivity contribution in [3.05, 3.63) is 24.3 Å². The van der Waals surface area contributed by atoms with Gasteiger partial charge in [0.15, 0.2) is 0 Å². The molecule has 2 nitrogen and oxygen atoms in total. The highest BCUT2D eigenvalue weighted by molar-refractivity contribution is 5.71. The monoisotopic (exact) mass is 180 g/mol. The molecule has 0 unspecified atom stereocenters. The van der Waals surface area contributed by atoms with Crippen molar-refractivity contribution >= 4 is 11.4 Å². The lowest BCUT2D eigenvalue weighted by Gasteiger charge is -2.31. The summed E-state index contributed by atoms with van der Waals surface area (Å²) in [5.41, 5.74) is 2.23. The Balaban J connectivity index is 2.26. The topological polar surface area (TPSA) is 15.3 Å². The van der Waals surface area contributed by atoms with Crippen molar-refractivity contribution in [2.45, 2.75) is 0 Å². The van der Waals surface area contributed by atoms with Gasteiger partial charge >= 0.3 is 0 Å². The zero-order chi connectivity index (χ0) is 9.10. The molecule has 1 N–H and O–H groups in total. The van der Waals surface area contributed by atoms with E-state index in [1.54, 1.807) is 0 Å². The minimum absolute atomic E-state index is 0.283. The molecule has 13 heavy (non-hydrogen) atoms. The molecule has 0 saturated carbocycles. The van der Waals surface area contributed by atoms with Crippen LogP contribution in [0.2, 0.25) is 0 Å². The lowest BCUT2D eigenvalue weighted by molar-refractivity contribution is 0.490. The first-order valence-electron chi connectivity index (χ1n) is 4.55. The highest BCUT2D eigenvalue weighted by atomic mass is 19.1. The van der Waals surface area contributed by atoms with E-state index in [4.69, 9.17) is 0 Å². The fourth-order valence-electron chi connectivity index (χ4n) is 1.68. The van der Waals surface area contributed by atoms with Crippen LogP contribution in [0.15, 0.2) is 24.3 Å². The molecule has 70 valence electrons. The van der Waals surface area contributed by atoms with E-state index in [0.717, 1.165) is 24.5 Å². The fraction of sp³-hybridized carbons (Fsp3) is 0.400. The molecule has 0 fully saturated rings. The molecule has 0 spiro atoms. The van der Waals surface area contributed by atoms with Crippen LogP contribution >= 0.6 is 0 Å². The Bertz CT molecular complexity index is 288. The average Bonchev–Trinajstić information content (AvgIpc) is 2.19. The Labute approximate surface area is 77.4 Å². The largest absolute Gasteiger partial charge is 0.382 e. The van der Waals surface area contributed by atoms with Gasteiger partial charge in [-0.05, 0) is 12.1 Å². The first-order chi connectivity index (χ1) is 6.42. The molecule has 0 bridgehead atoms. The summed E-state index contributed by atoms with van der Waals surface area (Å²) in [5, 5.41) is 3.29. The van der Waals surface area contributed by atoms with Gasteiger partial charge in [0, 0.05) is 19.6 Å². The molecule has 2 rings (SSSR count). The van der Waals surface area contributed by atoms with Crippen LogP contribution in [-0.4, -0.2) is 26.3 Å². The molecule has 1 aliphatic heterocycles. The van der Waals surface area contributed by atoms with Crippen LogP contribution < -0.4 is 10.2 Å². The SMILES string of the molecule is FCCN1CCNc2ccccc21. The normalized spacial score (nSPS) is 15.0. The molecule has 0 amide bonds. The van der Waals surface area contributed by atoms with Crippen LogP contribution in [0, 0.1) is 0 Å². The Morgan fingerprint density at radius 3 is 3.08 bits per heavy atom. The molecule has 3 heteroatoms. The zero-order valence-electron chi connectivity index (χ0n) is 7.46. The van der Waals surface area contributed by atoms with Crippen LogP contribution in [0.25, 0.3) is 0 Å². The molecule has 0 aliphatic carbocycles. The number of benzene rings is 1. The molecule has 1 aromatic carbocycles. The molecule has 0 saturated heterocycles. The highest BCUT2D eigenvalue weighted by Gasteiger charge is 2.14. The molecule has 1 aromatic rings. The van der Waals surface area contributed by atoms with Crippen LogP contribution in [0.5, 0.6) is 0 Å². The Kier molecular flexibility index (Phi) is 2.34. The van der Waals surface area contributed by atoms with E-state index in [9.17, 15) is 4.39 Å². The first-order valence-corrected chi connectivity index (χ1v) is 4.55. The third-order valence-electron chi connectivity index (χ3n) is 2.30. The van der Waals surface area contributed by atoms with Crippen molar-refractivity contribution in [3.8, 4) is 0 Å². The first kappa shape index (κ1) is 8.35. The van der Waals surface area contributed by atoms with Crippen molar-refractivity contribution in [1.29, 1.82) is 0 Å². The molecular formula is C10H13FN2. The summed E-state index contributed by atoms with van der Waals surface area (Å²) in [6.07, 6.45) is 0. The third kappa shape index (κ3) is 1.59. The summed E-state index contributed by atoms with van der Waals surface area (Å²) in [7, 11) is 0. The summed E-state index contributed by atoms with van der Waals surface area (Å²) in [6, 6.07) is 8.03. The highest BCUT2D eigenvalue weighted by Crippen LogP contribution is 2.27. The molecule has 1 heterocycles. The predicted octanol–water partition coefficient (Wildman–Crippen LogP) is 1.89. The van der Waals surface area contributed by atoms with Crippen LogP contribution in [0.3, 0.4) is 0 Å². The standard InChI is InChI=1S/C10H13FN2/c11-5-7-13-8-6-12-9-3-1-2-4-10(9)13/h1-4,12H,5-8H2. The number of nitrogens with one attached hydrogen (secondary N) is 1. The fourth-order valence-corrected chi connectivity index (χ4v) is 1.68. The number of nitrogens with zero attached hydrogens (tertiary/aromatic N) is 1. The van der Waals surface area contributed by atoms with Gasteiger partial charge in [0.2, 0.25) is 0 Å². The van der Waals surface area contributed by atoms with Crippen molar-refractivity contribution in [2.75, 3.05) is 36.5 Å². The summed E-state index contributed by atoms with van der Waals surface area (Å²) >= 11 is 0. The zero-order valence-corrected chi connectivity index (χ0v) is 7.46. The van der Waals surface area contributed by atoms with E-state index in [0.29, 0.717) is 6.54 Å². The lowest BCUT2D eigenvalue weighted by Crippen LogP contribution is -2.35. The van der Waals surface area contributed by atoms with E-state index in [-0.39, 0.29) is 6.67 Å². The maximum atomic E-state index is 12.2. The number of rotatable bonds is 2. The molecule has 0 radical (unpaired) electrons. The summed E-state index contributed by atoms with van der Waals surface area (Å²) in [4.78, 5) is 2.08. The smallest absolute Gasteiger partial charge is 0.107 e. The Hall–Kier alpha value is -1.25. The summed E-state index contributed by atoms with van der Waals surface area (Å²) < 4.78 is 12.2. The quantitative estimate of drug-likeness (QED) is 0.747. The van der Waals surface area contributed by atoms with E-state index in [1.165, 1.54) is 0 Å². The van der Waals surface area contributed by atoms with E-state index < -0.39 is 0 Å². The van der Waals surface area contributed by atoms with E-state index >= 15 is 0 Å². The second kappa shape index (κ2) is 3.64. The Morgan fingerprint density at radius 2 is 2.23 bits per heavy atom. The van der Waals surface area contributed by atoms with Gasteiger partial charge in [-0.15, -0.1) is 0 Å². The van der Waals surface area contributed by atoms with Gasteiger partial charge in [-0.3, -0.25) is 0 Å². The second-order valence-corrected chi connectivity index (χ2v) is 3.12. The van der Waals surface area contributed by atoms with Gasteiger partial charge in [-0.1, -0.05) is 12.1 Å². The van der Waals surface area contributed by atoms with Crippen molar-refractivity contribution in [2.24, 2.45) is 0 Å². The number of hydrogen-bond donors (Lipinski definition) is 1. The summed E-state index contributed by atoms with van der Waals surface area (Å²) in [6.45, 7) is 2.00. The van der Waals surface area contributed by atoms with Gasteiger partial charge in [0.1, 0.15) is 6.67 Å². The van der Waals surface area contributed by atoms with E-state index in [1.807, 2.05) is 24.3 Å². The van der Waals surface area contributed by atoms with Gasteiger partial charge in [0.05, 0.1) is 11.4 Å². The number of para-hydroxylation sites is 2. The molecular weight excluding hydrogens is 167 g/mol. The molecule has 0 aromatic heterocycles. The number of fused-ring (bicyclic) bond motifs is 1. The lowest BCUT2D eigenvalue weighted by atomic mass is 10.2. The second-order valence-electron chi connectivity index (χ2n) is 3.12. The number of halogens is 1. The Morgan fingerprint density at radius 1 is 1.38 bits per heavy atom.